The maximum atomic E-state index is 11.7. The average molecular weight is 257 g/mol. The number of halogens is 1. The number of ether oxygens (including phenoxy) is 1. The number of carbonyl (C=O) groups excluding carboxylic acids is 1. The third kappa shape index (κ3) is 4.34. The fourth-order valence-corrected chi connectivity index (χ4v) is 1.50. The second-order valence-electron chi connectivity index (χ2n) is 3.86. The number of methoxy groups -OCH3 is 1. The van der Waals surface area contributed by atoms with E-state index in [-0.39, 0.29) is 5.91 Å². The molecule has 1 amide bonds. The maximum Gasteiger partial charge on any atom is 0.241 e. The summed E-state index contributed by atoms with van der Waals surface area (Å²) in [5, 5.41) is 3.21. The molecule has 1 atom stereocenters. The molecule has 4 nitrogen and oxygen atoms in total. The molecular formula is C12H17ClN2O2. The first-order chi connectivity index (χ1) is 8.04. The maximum absolute atomic E-state index is 11.7. The minimum Gasteiger partial charge on any atom is -0.385 e. The minimum atomic E-state index is -0.591. The van der Waals surface area contributed by atoms with Gasteiger partial charge >= 0.3 is 0 Å². The van der Waals surface area contributed by atoms with Crippen LogP contribution in [0.3, 0.4) is 0 Å². The van der Waals surface area contributed by atoms with E-state index in [4.69, 9.17) is 22.1 Å². The molecule has 0 radical (unpaired) electrons. The summed E-state index contributed by atoms with van der Waals surface area (Å²) in [5.74, 6) is -0.255. The van der Waals surface area contributed by atoms with Gasteiger partial charge in [0, 0.05) is 13.7 Å². The average Bonchev–Trinajstić information content (AvgIpc) is 2.30. The zero-order chi connectivity index (χ0) is 12.8. The van der Waals surface area contributed by atoms with Crippen LogP contribution >= 0.6 is 11.6 Å². The smallest absolute Gasteiger partial charge is 0.241 e. The minimum absolute atomic E-state index is 0.255. The van der Waals surface area contributed by atoms with Crippen molar-refractivity contribution in [2.75, 3.05) is 19.0 Å². The zero-order valence-corrected chi connectivity index (χ0v) is 10.8. The van der Waals surface area contributed by atoms with Gasteiger partial charge in [0.15, 0.2) is 0 Å². The fraction of sp³-hybridized carbons (Fsp3) is 0.417. The van der Waals surface area contributed by atoms with E-state index in [1.807, 2.05) is 19.1 Å². The van der Waals surface area contributed by atoms with Crippen LogP contribution in [0.2, 0.25) is 5.02 Å². The lowest BCUT2D eigenvalue weighted by atomic mass is 10.2. The molecule has 0 fully saturated rings. The Balaban J connectivity index is 2.64. The standard InChI is InChI=1S/C12H17ClN2O2/c1-8-3-4-9(13)11(7-8)15-12(16)10(14)5-6-17-2/h3-4,7,10H,5-6,14H2,1-2H3,(H,15,16). The molecule has 17 heavy (non-hydrogen) atoms. The predicted octanol–water partition coefficient (Wildman–Crippen LogP) is 1.95. The summed E-state index contributed by atoms with van der Waals surface area (Å²) in [6.45, 7) is 2.38. The highest BCUT2D eigenvalue weighted by Gasteiger charge is 2.14. The van der Waals surface area contributed by atoms with Crippen LogP contribution in [0.4, 0.5) is 5.69 Å². The van der Waals surface area contributed by atoms with Crippen LogP contribution in [0.5, 0.6) is 0 Å². The number of hydrogen-bond acceptors (Lipinski definition) is 3. The van der Waals surface area contributed by atoms with Crippen LogP contribution in [0.25, 0.3) is 0 Å². The van der Waals surface area contributed by atoms with Gasteiger partial charge in [-0.15, -0.1) is 0 Å². The molecule has 0 aliphatic carbocycles. The third-order valence-corrected chi connectivity index (χ3v) is 2.68. The summed E-state index contributed by atoms with van der Waals surface area (Å²) in [6, 6.07) is 4.84. The number of nitrogens with one attached hydrogen (secondary N) is 1. The third-order valence-electron chi connectivity index (χ3n) is 2.35. The van der Waals surface area contributed by atoms with Crippen molar-refractivity contribution < 1.29 is 9.53 Å². The van der Waals surface area contributed by atoms with Gasteiger partial charge < -0.3 is 15.8 Å². The van der Waals surface area contributed by atoms with Gasteiger partial charge in [-0.1, -0.05) is 17.7 Å². The Morgan fingerprint density at radius 3 is 2.94 bits per heavy atom. The number of benzene rings is 1. The largest absolute Gasteiger partial charge is 0.385 e. The first kappa shape index (κ1) is 14.0. The normalized spacial score (nSPS) is 12.2. The first-order valence-corrected chi connectivity index (χ1v) is 5.74. The van der Waals surface area contributed by atoms with Crippen molar-refractivity contribution >= 4 is 23.2 Å². The van der Waals surface area contributed by atoms with Gasteiger partial charge in [-0.3, -0.25) is 4.79 Å². The lowest BCUT2D eigenvalue weighted by molar-refractivity contribution is -0.117. The topological polar surface area (TPSA) is 64.3 Å². The summed E-state index contributed by atoms with van der Waals surface area (Å²) in [4.78, 5) is 11.7. The molecule has 94 valence electrons. The zero-order valence-electron chi connectivity index (χ0n) is 10.00. The van der Waals surface area contributed by atoms with Gasteiger partial charge in [-0.25, -0.2) is 0 Å². The second-order valence-corrected chi connectivity index (χ2v) is 4.27. The molecule has 0 aliphatic rings. The lowest BCUT2D eigenvalue weighted by Crippen LogP contribution is -2.36. The van der Waals surface area contributed by atoms with Crippen molar-refractivity contribution in [2.24, 2.45) is 5.73 Å². The monoisotopic (exact) mass is 256 g/mol. The van der Waals surface area contributed by atoms with E-state index in [9.17, 15) is 4.79 Å². The molecule has 0 spiro atoms. The Morgan fingerprint density at radius 2 is 2.29 bits per heavy atom. The van der Waals surface area contributed by atoms with Crippen LogP contribution < -0.4 is 11.1 Å². The van der Waals surface area contributed by atoms with Crippen LogP contribution in [0.15, 0.2) is 18.2 Å². The number of amides is 1. The summed E-state index contributed by atoms with van der Waals surface area (Å²) in [7, 11) is 1.57. The fourth-order valence-electron chi connectivity index (χ4n) is 1.34. The van der Waals surface area contributed by atoms with Crippen molar-refractivity contribution in [1.29, 1.82) is 0 Å². The Morgan fingerprint density at radius 1 is 1.59 bits per heavy atom. The number of carbonyl (C=O) groups is 1. The predicted molar refractivity (Wildman–Crippen MR) is 69.3 cm³/mol. The van der Waals surface area contributed by atoms with Gasteiger partial charge in [-0.2, -0.15) is 0 Å². The highest BCUT2D eigenvalue weighted by molar-refractivity contribution is 6.33. The first-order valence-electron chi connectivity index (χ1n) is 5.36. The quantitative estimate of drug-likeness (QED) is 0.846. The van der Waals surface area contributed by atoms with Crippen LogP contribution in [-0.4, -0.2) is 25.7 Å². The van der Waals surface area contributed by atoms with E-state index in [2.05, 4.69) is 5.32 Å². The Kier molecular flexibility index (Phi) is 5.41. The van der Waals surface area contributed by atoms with Gasteiger partial charge in [0.2, 0.25) is 5.91 Å². The molecule has 0 saturated carbocycles. The molecule has 0 aliphatic heterocycles. The van der Waals surface area contributed by atoms with Crippen molar-refractivity contribution in [3.8, 4) is 0 Å². The molecule has 1 aromatic carbocycles. The summed E-state index contributed by atoms with van der Waals surface area (Å²) in [5.41, 5.74) is 7.31. The highest BCUT2D eigenvalue weighted by Crippen LogP contribution is 2.22. The summed E-state index contributed by atoms with van der Waals surface area (Å²) in [6.07, 6.45) is 0.478. The van der Waals surface area contributed by atoms with Crippen LogP contribution in [0.1, 0.15) is 12.0 Å². The molecule has 0 bridgehead atoms. The Bertz CT molecular complexity index is 396. The molecule has 1 rings (SSSR count). The molecular weight excluding hydrogens is 240 g/mol. The van der Waals surface area contributed by atoms with Gasteiger partial charge in [0.1, 0.15) is 0 Å². The Hall–Kier alpha value is -1.10. The number of anilines is 1. The van der Waals surface area contributed by atoms with Gasteiger partial charge in [-0.05, 0) is 31.0 Å². The van der Waals surface area contributed by atoms with E-state index in [0.717, 1.165) is 5.56 Å². The summed E-state index contributed by atoms with van der Waals surface area (Å²) < 4.78 is 4.87. The SMILES string of the molecule is COCCC(N)C(=O)Nc1cc(C)ccc1Cl. The highest BCUT2D eigenvalue weighted by atomic mass is 35.5. The molecule has 3 N–H and O–H groups in total. The number of hydrogen-bond donors (Lipinski definition) is 2. The lowest BCUT2D eigenvalue weighted by Gasteiger charge is -2.13. The van der Waals surface area contributed by atoms with E-state index in [1.54, 1.807) is 13.2 Å². The molecule has 5 heteroatoms. The Labute approximate surface area is 106 Å². The van der Waals surface area contributed by atoms with Crippen LogP contribution in [0, 0.1) is 6.92 Å². The van der Waals surface area contributed by atoms with E-state index in [1.165, 1.54) is 0 Å². The number of rotatable bonds is 5. The van der Waals surface area contributed by atoms with E-state index in [0.29, 0.717) is 23.7 Å². The van der Waals surface area contributed by atoms with Gasteiger partial charge in [0.25, 0.3) is 0 Å². The van der Waals surface area contributed by atoms with Crippen molar-refractivity contribution in [3.05, 3.63) is 28.8 Å². The second kappa shape index (κ2) is 6.59. The summed E-state index contributed by atoms with van der Waals surface area (Å²) >= 11 is 5.97. The van der Waals surface area contributed by atoms with Crippen LogP contribution in [-0.2, 0) is 9.53 Å². The molecule has 1 aromatic rings. The van der Waals surface area contributed by atoms with Crippen molar-refractivity contribution in [3.63, 3.8) is 0 Å². The molecule has 0 aromatic heterocycles. The van der Waals surface area contributed by atoms with E-state index < -0.39 is 6.04 Å². The molecule has 0 saturated heterocycles. The number of aryl methyl sites for hydroxylation is 1. The van der Waals surface area contributed by atoms with E-state index >= 15 is 0 Å². The number of nitrogens with two attached hydrogens (primary N) is 1. The molecule has 1 unspecified atom stereocenters. The van der Waals surface area contributed by atoms with Gasteiger partial charge in [0.05, 0.1) is 16.8 Å². The molecule has 0 heterocycles. The van der Waals surface area contributed by atoms with Crippen molar-refractivity contribution in [2.45, 2.75) is 19.4 Å². The van der Waals surface area contributed by atoms with Crippen molar-refractivity contribution in [1.82, 2.24) is 0 Å².